The van der Waals surface area contributed by atoms with Gasteiger partial charge in [0.15, 0.2) is 0 Å². The largest absolute Gasteiger partial charge is 0.508 e. The van der Waals surface area contributed by atoms with Gasteiger partial charge in [0, 0.05) is 6.42 Å². The minimum atomic E-state index is -1.67. The predicted octanol–water partition coefficient (Wildman–Crippen LogP) is -1.80. The molecule has 4 atom stereocenters. The molecule has 1 aromatic carbocycles. The van der Waals surface area contributed by atoms with E-state index >= 15 is 0 Å². The Bertz CT molecular complexity index is 997. The summed E-state index contributed by atoms with van der Waals surface area (Å²) in [6, 6.07) is -0.117. The first-order valence-electron chi connectivity index (χ1n) is 11.4. The van der Waals surface area contributed by atoms with Crippen molar-refractivity contribution in [1.82, 2.24) is 16.0 Å². The van der Waals surface area contributed by atoms with Crippen molar-refractivity contribution in [1.29, 1.82) is 0 Å². The number of nitrogens with two attached hydrogens (primary N) is 2. The molecule has 0 bridgehead atoms. The van der Waals surface area contributed by atoms with E-state index in [1.807, 2.05) is 0 Å². The second-order valence-electron chi connectivity index (χ2n) is 8.90. The summed E-state index contributed by atoms with van der Waals surface area (Å²) in [7, 11) is 0. The molecule has 0 spiro atoms. The molecule has 0 aromatic heterocycles. The second-order valence-corrected chi connectivity index (χ2v) is 8.90. The third-order valence-corrected chi connectivity index (χ3v) is 5.10. The molecule has 0 radical (unpaired) electrons. The van der Waals surface area contributed by atoms with Gasteiger partial charge in [-0.3, -0.25) is 24.0 Å². The SMILES string of the molecule is CC(C)CC(NC(=O)C(N)CC(N)=O)C(=O)NC(CC(=O)O)C(=O)NC(Cc1ccc(O)cc1)C(=O)O. The Hall–Kier alpha value is -4.20. The molecule has 0 saturated heterocycles. The molecule has 14 nitrogen and oxygen atoms in total. The molecule has 0 saturated carbocycles. The van der Waals surface area contributed by atoms with Crippen LogP contribution in [0.5, 0.6) is 5.75 Å². The summed E-state index contributed by atoms with van der Waals surface area (Å²) in [6.45, 7) is 3.50. The van der Waals surface area contributed by atoms with Crippen LogP contribution in [0.2, 0.25) is 0 Å². The van der Waals surface area contributed by atoms with Crippen LogP contribution in [0, 0.1) is 5.92 Å². The normalized spacial score (nSPS) is 14.1. The molecule has 0 fully saturated rings. The number of carbonyl (C=O) groups is 6. The molecule has 0 aliphatic rings. The Balaban J connectivity index is 3.03. The number of nitrogens with one attached hydrogen (secondary N) is 3. The van der Waals surface area contributed by atoms with E-state index in [4.69, 9.17) is 11.5 Å². The maximum atomic E-state index is 12.9. The highest BCUT2D eigenvalue weighted by molar-refractivity contribution is 5.96. The number of hydrogen-bond donors (Lipinski definition) is 8. The summed E-state index contributed by atoms with van der Waals surface area (Å²) in [6.07, 6.45) is -1.43. The molecular weight excluding hydrogens is 490 g/mol. The van der Waals surface area contributed by atoms with Crippen molar-refractivity contribution in [3.05, 3.63) is 29.8 Å². The number of primary amides is 1. The van der Waals surface area contributed by atoms with Crippen molar-refractivity contribution in [3.63, 3.8) is 0 Å². The first-order chi connectivity index (χ1) is 17.2. The summed E-state index contributed by atoms with van der Waals surface area (Å²) in [4.78, 5) is 72.1. The molecule has 0 aliphatic heterocycles. The van der Waals surface area contributed by atoms with Crippen LogP contribution in [0.25, 0.3) is 0 Å². The molecule has 1 rings (SSSR count). The summed E-state index contributed by atoms with van der Waals surface area (Å²) in [5.74, 6) is -6.67. The molecule has 1 aromatic rings. The van der Waals surface area contributed by atoms with Gasteiger partial charge in [0.1, 0.15) is 23.9 Å². The Labute approximate surface area is 212 Å². The number of carboxylic acids is 2. The molecule has 204 valence electrons. The number of hydrogen-bond acceptors (Lipinski definition) is 8. The molecule has 4 unspecified atom stereocenters. The highest BCUT2D eigenvalue weighted by Crippen LogP contribution is 2.12. The number of rotatable bonds is 15. The molecule has 14 heteroatoms. The number of aliphatic carboxylic acids is 2. The van der Waals surface area contributed by atoms with Gasteiger partial charge in [-0.05, 0) is 30.0 Å². The van der Waals surface area contributed by atoms with Gasteiger partial charge >= 0.3 is 11.9 Å². The molecule has 0 heterocycles. The molecular formula is C23H33N5O9. The fourth-order valence-electron chi connectivity index (χ4n) is 3.29. The monoisotopic (exact) mass is 523 g/mol. The highest BCUT2D eigenvalue weighted by atomic mass is 16.4. The average molecular weight is 524 g/mol. The molecule has 4 amide bonds. The lowest BCUT2D eigenvalue weighted by Crippen LogP contribution is -2.58. The first kappa shape index (κ1) is 30.8. The fraction of sp³-hybridized carbons (Fsp3) is 0.478. The summed E-state index contributed by atoms with van der Waals surface area (Å²) >= 11 is 0. The van der Waals surface area contributed by atoms with E-state index in [-0.39, 0.29) is 24.5 Å². The lowest BCUT2D eigenvalue weighted by Gasteiger charge is -2.25. The number of carboxylic acid groups (broad SMARTS) is 2. The second kappa shape index (κ2) is 14.4. The Kier molecular flexibility index (Phi) is 12.0. The van der Waals surface area contributed by atoms with Gasteiger partial charge in [0.25, 0.3) is 0 Å². The van der Waals surface area contributed by atoms with Crippen LogP contribution < -0.4 is 27.4 Å². The van der Waals surface area contributed by atoms with Crippen molar-refractivity contribution >= 4 is 35.6 Å². The van der Waals surface area contributed by atoms with Crippen LogP contribution in [-0.2, 0) is 35.2 Å². The fourth-order valence-corrected chi connectivity index (χ4v) is 3.29. The van der Waals surface area contributed by atoms with Crippen molar-refractivity contribution in [2.24, 2.45) is 17.4 Å². The zero-order valence-electron chi connectivity index (χ0n) is 20.5. The Morgan fingerprint density at radius 3 is 1.81 bits per heavy atom. The smallest absolute Gasteiger partial charge is 0.326 e. The number of phenolic OH excluding ortho intramolecular Hbond substituents is 1. The van der Waals surface area contributed by atoms with Gasteiger partial charge in [0.05, 0.1) is 18.9 Å². The van der Waals surface area contributed by atoms with Crippen LogP contribution in [-0.4, -0.2) is 75.1 Å². The van der Waals surface area contributed by atoms with Gasteiger partial charge in [-0.2, -0.15) is 0 Å². The minimum Gasteiger partial charge on any atom is -0.508 e. The van der Waals surface area contributed by atoms with E-state index in [0.717, 1.165) is 0 Å². The quantitative estimate of drug-likeness (QED) is 0.128. The molecule has 0 aliphatic carbocycles. The first-order valence-corrected chi connectivity index (χ1v) is 11.4. The van der Waals surface area contributed by atoms with Gasteiger partial charge in [-0.15, -0.1) is 0 Å². The van der Waals surface area contributed by atoms with Crippen LogP contribution >= 0.6 is 0 Å². The summed E-state index contributed by atoms with van der Waals surface area (Å²) in [5, 5.41) is 35.0. The van der Waals surface area contributed by atoms with Crippen molar-refractivity contribution < 1.29 is 44.1 Å². The standard InChI is InChI=1S/C23H33N5O9/c1-11(2)7-15(26-20(33)14(24)9-18(25)30)21(34)27-16(10-19(31)32)22(35)28-17(23(36)37)8-12-3-5-13(29)6-4-12/h3-6,11,14-17,29H,7-10,24H2,1-2H3,(H2,25,30)(H,26,33)(H,27,34)(H,28,35)(H,31,32)(H,36,37). The van der Waals surface area contributed by atoms with Gasteiger partial charge < -0.3 is 42.7 Å². The maximum Gasteiger partial charge on any atom is 0.326 e. The van der Waals surface area contributed by atoms with E-state index in [2.05, 4.69) is 16.0 Å². The number of amides is 4. The van der Waals surface area contributed by atoms with Crippen molar-refractivity contribution in [3.8, 4) is 5.75 Å². The predicted molar refractivity (Wildman–Crippen MR) is 129 cm³/mol. The van der Waals surface area contributed by atoms with Gasteiger partial charge in [0.2, 0.25) is 23.6 Å². The van der Waals surface area contributed by atoms with Crippen LogP contribution in [0.1, 0.15) is 38.7 Å². The van der Waals surface area contributed by atoms with Crippen LogP contribution in [0.15, 0.2) is 24.3 Å². The van der Waals surface area contributed by atoms with Crippen LogP contribution in [0.3, 0.4) is 0 Å². The van der Waals surface area contributed by atoms with Gasteiger partial charge in [-0.25, -0.2) is 4.79 Å². The lowest BCUT2D eigenvalue weighted by molar-refractivity contribution is -0.143. The Morgan fingerprint density at radius 1 is 0.811 bits per heavy atom. The van der Waals surface area contributed by atoms with E-state index in [1.165, 1.54) is 24.3 Å². The minimum absolute atomic E-state index is 0.0393. The number of phenols is 1. The average Bonchev–Trinajstić information content (AvgIpc) is 2.77. The summed E-state index contributed by atoms with van der Waals surface area (Å²) in [5.41, 5.74) is 11.1. The van der Waals surface area contributed by atoms with E-state index < -0.39 is 72.6 Å². The van der Waals surface area contributed by atoms with Gasteiger partial charge in [-0.1, -0.05) is 26.0 Å². The van der Waals surface area contributed by atoms with E-state index in [1.54, 1.807) is 13.8 Å². The number of carbonyl (C=O) groups excluding carboxylic acids is 4. The summed E-state index contributed by atoms with van der Waals surface area (Å²) < 4.78 is 0. The third-order valence-electron chi connectivity index (χ3n) is 5.10. The van der Waals surface area contributed by atoms with E-state index in [9.17, 15) is 44.1 Å². The maximum absolute atomic E-state index is 12.9. The molecule has 37 heavy (non-hydrogen) atoms. The number of aromatic hydroxyl groups is 1. The zero-order chi connectivity index (χ0) is 28.3. The lowest BCUT2D eigenvalue weighted by atomic mass is 10.0. The zero-order valence-corrected chi connectivity index (χ0v) is 20.5. The van der Waals surface area contributed by atoms with Crippen molar-refractivity contribution in [2.75, 3.05) is 0 Å². The van der Waals surface area contributed by atoms with Crippen LogP contribution in [0.4, 0.5) is 0 Å². The highest BCUT2D eigenvalue weighted by Gasteiger charge is 2.32. The Morgan fingerprint density at radius 2 is 1.32 bits per heavy atom. The van der Waals surface area contributed by atoms with E-state index in [0.29, 0.717) is 5.56 Å². The molecule has 10 N–H and O–H groups in total. The third kappa shape index (κ3) is 11.4. The number of benzene rings is 1. The topological polar surface area (TPSA) is 251 Å². The van der Waals surface area contributed by atoms with Crippen molar-refractivity contribution in [2.45, 2.75) is 63.7 Å².